The molecule has 0 bridgehead atoms. The van der Waals surface area contributed by atoms with Crippen molar-refractivity contribution in [3.8, 4) is 0 Å². The second-order valence-electron chi connectivity index (χ2n) is 5.10. The van der Waals surface area contributed by atoms with Crippen molar-refractivity contribution in [2.24, 2.45) is 0 Å². The molecule has 0 aromatic heterocycles. The Morgan fingerprint density at radius 1 is 1.31 bits per heavy atom. The molecule has 1 aromatic rings. The summed E-state index contributed by atoms with van der Waals surface area (Å²) < 4.78 is 13.8. The van der Waals surface area contributed by atoms with E-state index >= 15 is 0 Å². The van der Waals surface area contributed by atoms with Gasteiger partial charge in [-0.15, -0.1) is 0 Å². The minimum absolute atomic E-state index is 0.115. The molecule has 0 amide bonds. The molecule has 1 N–H and O–H groups in total. The molecular weight excluding hydrogens is 203 g/mol. The van der Waals surface area contributed by atoms with Gasteiger partial charge in [0.15, 0.2) is 0 Å². The van der Waals surface area contributed by atoms with Gasteiger partial charge in [0.1, 0.15) is 5.82 Å². The van der Waals surface area contributed by atoms with Crippen LogP contribution < -0.4 is 10.2 Å². The Morgan fingerprint density at radius 3 is 2.81 bits per heavy atom. The molecule has 1 spiro atoms. The zero-order valence-electron chi connectivity index (χ0n) is 9.59. The van der Waals surface area contributed by atoms with Crippen molar-refractivity contribution in [2.45, 2.75) is 31.2 Å². The average molecular weight is 220 g/mol. The summed E-state index contributed by atoms with van der Waals surface area (Å²) in [4.78, 5) is 2.18. The predicted molar refractivity (Wildman–Crippen MR) is 64.5 cm³/mol. The van der Waals surface area contributed by atoms with E-state index in [0.717, 1.165) is 25.1 Å². The first-order valence-electron chi connectivity index (χ1n) is 5.98. The fraction of sp³-hybridized carbons (Fsp3) is 0.538. The predicted octanol–water partition coefficient (Wildman–Crippen LogP) is 3.00. The molecular formula is C13H17FN2. The third kappa shape index (κ3) is 1.38. The van der Waals surface area contributed by atoms with Crippen LogP contribution in [-0.2, 0) is 0 Å². The second kappa shape index (κ2) is 3.37. The van der Waals surface area contributed by atoms with E-state index in [1.54, 1.807) is 6.07 Å². The fourth-order valence-corrected chi connectivity index (χ4v) is 3.13. The monoisotopic (exact) mass is 220 g/mol. The van der Waals surface area contributed by atoms with Crippen LogP contribution in [0.25, 0.3) is 0 Å². The molecule has 1 aliphatic heterocycles. The van der Waals surface area contributed by atoms with Gasteiger partial charge in [0.25, 0.3) is 0 Å². The Labute approximate surface area is 95.4 Å². The van der Waals surface area contributed by atoms with Crippen molar-refractivity contribution in [3.63, 3.8) is 0 Å². The van der Waals surface area contributed by atoms with Crippen LogP contribution in [0.15, 0.2) is 18.2 Å². The third-order valence-corrected chi connectivity index (χ3v) is 3.89. The number of nitrogens with one attached hydrogen (secondary N) is 1. The van der Waals surface area contributed by atoms with Crippen molar-refractivity contribution in [1.82, 2.24) is 0 Å². The van der Waals surface area contributed by atoms with Crippen molar-refractivity contribution in [1.29, 1.82) is 0 Å². The molecule has 2 nitrogen and oxygen atoms in total. The molecule has 1 aromatic carbocycles. The Kier molecular flexibility index (Phi) is 2.09. The quantitative estimate of drug-likeness (QED) is 0.723. The van der Waals surface area contributed by atoms with E-state index in [-0.39, 0.29) is 11.4 Å². The third-order valence-electron chi connectivity index (χ3n) is 3.89. The van der Waals surface area contributed by atoms with Crippen molar-refractivity contribution in [2.75, 3.05) is 23.8 Å². The van der Waals surface area contributed by atoms with E-state index in [0.29, 0.717) is 5.69 Å². The van der Waals surface area contributed by atoms with Crippen LogP contribution in [0, 0.1) is 5.82 Å². The molecule has 3 heteroatoms. The van der Waals surface area contributed by atoms with Gasteiger partial charge >= 0.3 is 0 Å². The maximum Gasteiger partial charge on any atom is 0.148 e. The smallest absolute Gasteiger partial charge is 0.148 e. The molecule has 86 valence electrons. The van der Waals surface area contributed by atoms with Crippen LogP contribution in [0.2, 0.25) is 0 Å². The van der Waals surface area contributed by atoms with Crippen molar-refractivity contribution >= 4 is 11.4 Å². The van der Waals surface area contributed by atoms with Crippen LogP contribution in [0.4, 0.5) is 15.8 Å². The average Bonchev–Trinajstić information content (AvgIpc) is 2.68. The van der Waals surface area contributed by atoms with Crippen molar-refractivity contribution in [3.05, 3.63) is 24.0 Å². The first-order valence-corrected chi connectivity index (χ1v) is 5.98. The molecule has 1 saturated carbocycles. The molecule has 16 heavy (non-hydrogen) atoms. The van der Waals surface area contributed by atoms with Crippen LogP contribution in [0.3, 0.4) is 0 Å². The summed E-state index contributed by atoms with van der Waals surface area (Å²) >= 11 is 0. The summed E-state index contributed by atoms with van der Waals surface area (Å²) in [7, 11) is 2.05. The maximum atomic E-state index is 13.8. The summed E-state index contributed by atoms with van der Waals surface area (Å²) in [6.45, 7) is 0.990. The summed E-state index contributed by atoms with van der Waals surface area (Å²) in [6.07, 6.45) is 4.82. The standard InChI is InChI=1S/C13H17FN2/c1-16-9-13(7-2-3-8-13)15-12-10(14)5-4-6-11(12)16/h4-6,15H,2-3,7-9H2,1H3. The van der Waals surface area contributed by atoms with Gasteiger partial charge in [-0.05, 0) is 25.0 Å². The van der Waals surface area contributed by atoms with Gasteiger partial charge < -0.3 is 10.2 Å². The lowest BCUT2D eigenvalue weighted by Gasteiger charge is -2.42. The minimum Gasteiger partial charge on any atom is -0.374 e. The molecule has 0 saturated heterocycles. The van der Waals surface area contributed by atoms with Gasteiger partial charge in [-0.1, -0.05) is 18.9 Å². The Hall–Kier alpha value is -1.25. The first kappa shape index (κ1) is 9.94. The van der Waals surface area contributed by atoms with E-state index < -0.39 is 0 Å². The van der Waals surface area contributed by atoms with Gasteiger partial charge in [0, 0.05) is 13.6 Å². The largest absolute Gasteiger partial charge is 0.374 e. The normalized spacial score (nSPS) is 22.0. The number of nitrogens with zero attached hydrogens (tertiary/aromatic N) is 1. The molecule has 3 rings (SSSR count). The van der Waals surface area contributed by atoms with Crippen LogP contribution >= 0.6 is 0 Å². The molecule has 0 unspecified atom stereocenters. The van der Waals surface area contributed by atoms with E-state index in [1.807, 2.05) is 6.07 Å². The second-order valence-corrected chi connectivity index (χ2v) is 5.10. The number of fused-ring (bicyclic) bond motifs is 1. The van der Waals surface area contributed by atoms with Crippen molar-refractivity contribution < 1.29 is 4.39 Å². The summed E-state index contributed by atoms with van der Waals surface area (Å²) in [5.74, 6) is -0.129. The molecule has 1 heterocycles. The van der Waals surface area contributed by atoms with Gasteiger partial charge in [-0.25, -0.2) is 4.39 Å². The summed E-state index contributed by atoms with van der Waals surface area (Å²) in [6, 6.07) is 5.29. The number of para-hydroxylation sites is 1. The highest BCUT2D eigenvalue weighted by Gasteiger charge is 2.39. The molecule has 1 fully saturated rings. The number of anilines is 2. The zero-order valence-corrected chi connectivity index (χ0v) is 9.59. The topological polar surface area (TPSA) is 15.3 Å². The molecule has 0 atom stereocenters. The lowest BCUT2D eigenvalue weighted by molar-refractivity contribution is 0.466. The van der Waals surface area contributed by atoms with Crippen LogP contribution in [0.1, 0.15) is 25.7 Å². The minimum atomic E-state index is -0.129. The Balaban J connectivity index is 2.04. The Bertz CT molecular complexity index is 410. The van der Waals surface area contributed by atoms with Crippen LogP contribution in [0.5, 0.6) is 0 Å². The van der Waals surface area contributed by atoms with Gasteiger partial charge in [-0.2, -0.15) is 0 Å². The van der Waals surface area contributed by atoms with Gasteiger partial charge in [0.2, 0.25) is 0 Å². The highest BCUT2D eigenvalue weighted by Crippen LogP contribution is 2.42. The van der Waals surface area contributed by atoms with Crippen LogP contribution in [-0.4, -0.2) is 19.1 Å². The number of rotatable bonds is 0. The highest BCUT2D eigenvalue weighted by molar-refractivity contribution is 5.74. The van der Waals surface area contributed by atoms with E-state index in [4.69, 9.17) is 0 Å². The lowest BCUT2D eigenvalue weighted by atomic mass is 9.93. The molecule has 2 aliphatic rings. The van der Waals surface area contributed by atoms with E-state index in [2.05, 4.69) is 17.3 Å². The molecule has 0 radical (unpaired) electrons. The fourth-order valence-electron chi connectivity index (χ4n) is 3.13. The number of halogens is 1. The number of benzene rings is 1. The maximum absolute atomic E-state index is 13.8. The summed E-state index contributed by atoms with van der Waals surface area (Å²) in [5, 5.41) is 3.45. The highest BCUT2D eigenvalue weighted by atomic mass is 19.1. The Morgan fingerprint density at radius 2 is 2.06 bits per heavy atom. The summed E-state index contributed by atoms with van der Waals surface area (Å²) in [5.41, 5.74) is 1.79. The SMILES string of the molecule is CN1CC2(CCCC2)Nc2c(F)cccc21. The van der Waals surface area contributed by atoms with Gasteiger partial charge in [-0.3, -0.25) is 0 Å². The first-order chi connectivity index (χ1) is 7.70. The van der Waals surface area contributed by atoms with E-state index in [1.165, 1.54) is 18.9 Å². The number of likely N-dealkylation sites (N-methyl/N-ethyl adjacent to an activating group) is 1. The number of hydrogen-bond donors (Lipinski definition) is 1. The molecule has 1 aliphatic carbocycles. The lowest BCUT2D eigenvalue weighted by Crippen LogP contribution is -2.49. The van der Waals surface area contributed by atoms with Gasteiger partial charge in [0.05, 0.1) is 16.9 Å². The zero-order chi connectivity index (χ0) is 11.2. The number of hydrogen-bond acceptors (Lipinski definition) is 2. The van der Waals surface area contributed by atoms with E-state index in [9.17, 15) is 4.39 Å².